The number of anilines is 1. The fourth-order valence-corrected chi connectivity index (χ4v) is 2.54. The Morgan fingerprint density at radius 2 is 2.10 bits per heavy atom. The molecule has 0 radical (unpaired) electrons. The minimum atomic E-state index is -3.55. The summed E-state index contributed by atoms with van der Waals surface area (Å²) in [5.41, 5.74) is 0.457. The van der Waals surface area contributed by atoms with Crippen LogP contribution in [0.1, 0.15) is 29.9 Å². The van der Waals surface area contributed by atoms with Gasteiger partial charge in [-0.25, -0.2) is 18.2 Å². The molecule has 7 heteroatoms. The Morgan fingerprint density at radius 3 is 2.55 bits per heavy atom. The van der Waals surface area contributed by atoms with Crippen molar-refractivity contribution in [3.8, 4) is 0 Å². The van der Waals surface area contributed by atoms with Crippen molar-refractivity contribution in [2.45, 2.75) is 25.5 Å². The summed E-state index contributed by atoms with van der Waals surface area (Å²) in [6.07, 6.45) is 1.94. The fourth-order valence-electron chi connectivity index (χ4n) is 1.56. The SMILES string of the molecule is C=CCc1cc(C(=O)O)cc(N(C)S(=O)(=O)C(C)C)n1. The van der Waals surface area contributed by atoms with E-state index in [0.717, 1.165) is 4.31 Å². The minimum Gasteiger partial charge on any atom is -0.478 e. The Bertz CT molecular complexity index is 623. The van der Waals surface area contributed by atoms with Gasteiger partial charge in [0.25, 0.3) is 0 Å². The molecule has 6 nitrogen and oxygen atoms in total. The van der Waals surface area contributed by atoms with E-state index in [1.165, 1.54) is 19.2 Å². The van der Waals surface area contributed by atoms with Crippen LogP contribution in [0.25, 0.3) is 0 Å². The summed E-state index contributed by atoms with van der Waals surface area (Å²) >= 11 is 0. The highest BCUT2D eigenvalue weighted by Crippen LogP contribution is 2.19. The Morgan fingerprint density at radius 1 is 1.50 bits per heavy atom. The van der Waals surface area contributed by atoms with Crippen LogP contribution in [0.2, 0.25) is 0 Å². The van der Waals surface area contributed by atoms with Gasteiger partial charge in [0.05, 0.1) is 10.8 Å². The lowest BCUT2D eigenvalue weighted by molar-refractivity contribution is 0.0696. The van der Waals surface area contributed by atoms with Gasteiger partial charge in [-0.3, -0.25) is 4.31 Å². The largest absolute Gasteiger partial charge is 0.478 e. The average molecular weight is 298 g/mol. The third-order valence-electron chi connectivity index (χ3n) is 2.77. The number of hydrogen-bond donors (Lipinski definition) is 1. The van der Waals surface area contributed by atoms with Crippen LogP contribution >= 0.6 is 0 Å². The van der Waals surface area contributed by atoms with Crippen LogP contribution in [0.15, 0.2) is 24.8 Å². The predicted octanol–water partition coefficient (Wildman–Crippen LogP) is 1.68. The number of rotatable bonds is 6. The topological polar surface area (TPSA) is 87.6 Å². The minimum absolute atomic E-state index is 0.00217. The monoisotopic (exact) mass is 298 g/mol. The lowest BCUT2D eigenvalue weighted by Gasteiger charge is -2.21. The van der Waals surface area contributed by atoms with E-state index >= 15 is 0 Å². The molecular formula is C13H18N2O4S. The molecule has 0 bridgehead atoms. The van der Waals surface area contributed by atoms with Crippen LogP contribution < -0.4 is 4.31 Å². The molecule has 1 N–H and O–H groups in total. The smallest absolute Gasteiger partial charge is 0.335 e. The molecule has 1 rings (SSSR count). The second-order valence-electron chi connectivity index (χ2n) is 4.56. The molecule has 0 unspecified atom stereocenters. The number of pyridine rings is 1. The van der Waals surface area contributed by atoms with Gasteiger partial charge in [0.2, 0.25) is 10.0 Å². The molecule has 1 aromatic rings. The standard InChI is InChI=1S/C13H18N2O4S/c1-5-6-11-7-10(13(16)17)8-12(14-11)15(4)20(18,19)9(2)3/h5,7-9H,1,6H2,2-4H3,(H,16,17). The van der Waals surface area contributed by atoms with Gasteiger partial charge in [-0.05, 0) is 26.0 Å². The van der Waals surface area contributed by atoms with E-state index in [2.05, 4.69) is 11.6 Å². The lowest BCUT2D eigenvalue weighted by atomic mass is 10.2. The number of carbonyl (C=O) groups is 1. The van der Waals surface area contributed by atoms with Crippen molar-refractivity contribution in [3.63, 3.8) is 0 Å². The van der Waals surface area contributed by atoms with Crippen LogP contribution in [0.4, 0.5) is 5.82 Å². The van der Waals surface area contributed by atoms with Gasteiger partial charge in [-0.2, -0.15) is 0 Å². The molecule has 0 aliphatic carbocycles. The molecule has 0 aliphatic heterocycles. The number of aromatic nitrogens is 1. The fraction of sp³-hybridized carbons (Fsp3) is 0.385. The summed E-state index contributed by atoms with van der Waals surface area (Å²) in [5.74, 6) is -1.04. The summed E-state index contributed by atoms with van der Waals surface area (Å²) in [6.45, 7) is 6.67. The Hall–Kier alpha value is -1.89. The predicted molar refractivity (Wildman–Crippen MR) is 77.6 cm³/mol. The highest BCUT2D eigenvalue weighted by molar-refractivity contribution is 7.93. The molecule has 0 saturated heterocycles. The number of allylic oxidation sites excluding steroid dienone is 1. The van der Waals surface area contributed by atoms with Gasteiger partial charge in [-0.15, -0.1) is 6.58 Å². The first-order valence-electron chi connectivity index (χ1n) is 6.03. The summed E-state index contributed by atoms with van der Waals surface area (Å²) in [7, 11) is -2.19. The molecule has 0 atom stereocenters. The highest BCUT2D eigenvalue weighted by atomic mass is 32.2. The zero-order valence-corrected chi connectivity index (χ0v) is 12.5. The third kappa shape index (κ3) is 3.36. The molecular weight excluding hydrogens is 280 g/mol. The van der Waals surface area contributed by atoms with E-state index in [0.29, 0.717) is 12.1 Å². The van der Waals surface area contributed by atoms with E-state index in [9.17, 15) is 13.2 Å². The van der Waals surface area contributed by atoms with Gasteiger partial charge in [0, 0.05) is 19.2 Å². The van der Waals surface area contributed by atoms with Crippen molar-refractivity contribution in [1.29, 1.82) is 0 Å². The molecule has 0 spiro atoms. The number of sulfonamides is 1. The van der Waals surface area contributed by atoms with Crippen molar-refractivity contribution in [2.75, 3.05) is 11.4 Å². The maximum absolute atomic E-state index is 12.1. The van der Waals surface area contributed by atoms with Gasteiger partial charge in [0.1, 0.15) is 5.82 Å². The zero-order chi connectivity index (χ0) is 15.5. The normalized spacial score (nSPS) is 11.4. The highest BCUT2D eigenvalue weighted by Gasteiger charge is 2.24. The van der Waals surface area contributed by atoms with Gasteiger partial charge >= 0.3 is 5.97 Å². The molecule has 20 heavy (non-hydrogen) atoms. The van der Waals surface area contributed by atoms with Crippen LogP contribution in [-0.2, 0) is 16.4 Å². The number of carboxylic acid groups (broad SMARTS) is 1. The first-order chi connectivity index (χ1) is 9.20. The van der Waals surface area contributed by atoms with Crippen molar-refractivity contribution in [1.82, 2.24) is 4.98 Å². The van der Waals surface area contributed by atoms with Crippen LogP contribution in [-0.4, -0.2) is 36.8 Å². The Labute approximate surface area is 118 Å². The van der Waals surface area contributed by atoms with Gasteiger partial charge in [0.15, 0.2) is 0 Å². The van der Waals surface area contributed by atoms with Crippen LogP contribution in [0.3, 0.4) is 0 Å². The maximum Gasteiger partial charge on any atom is 0.335 e. The summed E-state index contributed by atoms with van der Waals surface area (Å²) in [5, 5.41) is 8.45. The molecule has 0 aliphatic rings. The molecule has 0 saturated carbocycles. The first kappa shape index (κ1) is 16.2. The number of hydrogen-bond acceptors (Lipinski definition) is 4. The number of aromatic carboxylic acids is 1. The second kappa shape index (κ2) is 6.04. The summed E-state index contributed by atoms with van der Waals surface area (Å²) in [4.78, 5) is 15.3. The Kier molecular flexibility index (Phi) is 4.88. The molecule has 0 amide bonds. The van der Waals surface area contributed by atoms with E-state index < -0.39 is 21.2 Å². The molecule has 1 aromatic heterocycles. The van der Waals surface area contributed by atoms with E-state index in [-0.39, 0.29) is 11.4 Å². The quantitative estimate of drug-likeness (QED) is 0.807. The van der Waals surface area contributed by atoms with E-state index in [1.807, 2.05) is 0 Å². The van der Waals surface area contributed by atoms with Crippen molar-refractivity contribution in [2.24, 2.45) is 0 Å². The zero-order valence-electron chi connectivity index (χ0n) is 11.7. The number of nitrogens with zero attached hydrogens (tertiary/aromatic N) is 2. The van der Waals surface area contributed by atoms with Gasteiger partial charge < -0.3 is 5.11 Å². The maximum atomic E-state index is 12.1. The molecule has 1 heterocycles. The van der Waals surface area contributed by atoms with Crippen molar-refractivity contribution in [3.05, 3.63) is 36.0 Å². The molecule has 0 aromatic carbocycles. The summed E-state index contributed by atoms with van der Waals surface area (Å²) < 4.78 is 25.2. The van der Waals surface area contributed by atoms with Crippen LogP contribution in [0.5, 0.6) is 0 Å². The third-order valence-corrected chi connectivity index (χ3v) is 4.91. The Balaban J connectivity index is 3.37. The average Bonchev–Trinajstić information content (AvgIpc) is 2.37. The first-order valence-corrected chi connectivity index (χ1v) is 7.53. The number of carboxylic acids is 1. The van der Waals surface area contributed by atoms with Crippen molar-refractivity contribution >= 4 is 21.8 Å². The van der Waals surface area contributed by atoms with Crippen molar-refractivity contribution < 1.29 is 18.3 Å². The van der Waals surface area contributed by atoms with Crippen LogP contribution in [0, 0.1) is 0 Å². The summed E-state index contributed by atoms with van der Waals surface area (Å²) in [6, 6.07) is 2.65. The second-order valence-corrected chi connectivity index (χ2v) is 7.08. The molecule has 110 valence electrons. The van der Waals surface area contributed by atoms with E-state index in [1.54, 1.807) is 19.9 Å². The lowest BCUT2D eigenvalue weighted by Crippen LogP contribution is -2.33. The molecule has 0 fully saturated rings. The van der Waals surface area contributed by atoms with E-state index in [4.69, 9.17) is 5.11 Å². The van der Waals surface area contributed by atoms with Gasteiger partial charge in [-0.1, -0.05) is 6.08 Å².